The number of amides is 1. The van der Waals surface area contributed by atoms with Crippen LogP contribution >= 0.6 is 11.3 Å². The summed E-state index contributed by atoms with van der Waals surface area (Å²) >= 11 is 1.61. The monoisotopic (exact) mass is 358 g/mol. The molecule has 2 aliphatic rings. The third kappa shape index (κ3) is 4.02. The van der Waals surface area contributed by atoms with Crippen LogP contribution < -0.4 is 10.2 Å². The fourth-order valence-corrected chi connectivity index (χ4v) is 4.75. The highest BCUT2D eigenvalue weighted by molar-refractivity contribution is 7.88. The van der Waals surface area contributed by atoms with Crippen molar-refractivity contribution in [2.45, 2.75) is 25.3 Å². The summed E-state index contributed by atoms with van der Waals surface area (Å²) in [6, 6.07) is 0.152. The minimum absolute atomic E-state index is 0.0594. The summed E-state index contributed by atoms with van der Waals surface area (Å²) < 4.78 is 24.5. The molecule has 1 aromatic rings. The Morgan fingerprint density at radius 2 is 2.04 bits per heavy atom. The van der Waals surface area contributed by atoms with Crippen LogP contribution in [-0.4, -0.2) is 62.1 Å². The highest BCUT2D eigenvalue weighted by Gasteiger charge is 2.31. The quantitative estimate of drug-likeness (QED) is 0.848. The van der Waals surface area contributed by atoms with Gasteiger partial charge in [-0.1, -0.05) is 0 Å². The van der Waals surface area contributed by atoms with E-state index in [1.54, 1.807) is 17.5 Å². The molecule has 2 saturated heterocycles. The smallest absolute Gasteiger partial charge is 0.223 e. The van der Waals surface area contributed by atoms with Crippen LogP contribution in [-0.2, 0) is 14.8 Å². The van der Waals surface area contributed by atoms with Crippen LogP contribution in [0.2, 0.25) is 0 Å². The number of nitrogens with one attached hydrogen (secondary N) is 1. The number of piperidine rings is 1. The van der Waals surface area contributed by atoms with Crippen molar-refractivity contribution >= 4 is 32.4 Å². The number of hydrogen-bond donors (Lipinski definition) is 1. The molecule has 0 saturated carbocycles. The van der Waals surface area contributed by atoms with Gasteiger partial charge in [-0.05, 0) is 19.3 Å². The van der Waals surface area contributed by atoms with E-state index in [-0.39, 0.29) is 17.9 Å². The maximum absolute atomic E-state index is 12.4. The zero-order valence-corrected chi connectivity index (χ0v) is 14.8. The molecule has 0 spiro atoms. The first kappa shape index (κ1) is 16.7. The van der Waals surface area contributed by atoms with Crippen LogP contribution in [0.25, 0.3) is 0 Å². The highest BCUT2D eigenvalue weighted by atomic mass is 32.2. The zero-order chi connectivity index (χ0) is 16.4. The van der Waals surface area contributed by atoms with Crippen molar-refractivity contribution in [1.82, 2.24) is 14.6 Å². The summed E-state index contributed by atoms with van der Waals surface area (Å²) in [7, 11) is -3.14. The van der Waals surface area contributed by atoms with Crippen molar-refractivity contribution in [2.24, 2.45) is 5.92 Å². The Kier molecular flexibility index (Phi) is 4.88. The van der Waals surface area contributed by atoms with E-state index in [2.05, 4.69) is 15.2 Å². The van der Waals surface area contributed by atoms with Gasteiger partial charge in [0.05, 0.1) is 6.26 Å². The molecule has 9 heteroatoms. The Hall–Kier alpha value is -1.19. The molecule has 0 aromatic carbocycles. The molecular formula is C14H22N4O3S2. The molecule has 1 atom stereocenters. The Bertz CT molecular complexity index is 639. The minimum atomic E-state index is -3.14. The molecule has 0 aliphatic carbocycles. The summed E-state index contributed by atoms with van der Waals surface area (Å²) in [6.07, 6.45) is 5.14. The molecule has 0 bridgehead atoms. The molecule has 0 radical (unpaired) electrons. The first-order valence-corrected chi connectivity index (χ1v) is 10.6. The molecule has 128 valence electrons. The number of hydrogen-bond acceptors (Lipinski definition) is 6. The van der Waals surface area contributed by atoms with Crippen LogP contribution in [0.5, 0.6) is 0 Å². The predicted molar refractivity (Wildman–Crippen MR) is 90.0 cm³/mol. The van der Waals surface area contributed by atoms with Gasteiger partial charge in [0.15, 0.2) is 5.13 Å². The van der Waals surface area contributed by atoms with Crippen LogP contribution in [0.15, 0.2) is 11.6 Å². The second-order valence-electron chi connectivity index (χ2n) is 6.19. The Morgan fingerprint density at radius 1 is 1.30 bits per heavy atom. The second-order valence-corrected chi connectivity index (χ2v) is 9.05. The Morgan fingerprint density at radius 3 is 2.65 bits per heavy atom. The number of aromatic nitrogens is 1. The van der Waals surface area contributed by atoms with E-state index in [0.717, 1.165) is 24.6 Å². The van der Waals surface area contributed by atoms with Gasteiger partial charge in [0.2, 0.25) is 15.9 Å². The lowest BCUT2D eigenvalue weighted by Crippen LogP contribution is -2.45. The van der Waals surface area contributed by atoms with Crippen molar-refractivity contribution < 1.29 is 13.2 Å². The zero-order valence-electron chi connectivity index (χ0n) is 13.1. The summed E-state index contributed by atoms with van der Waals surface area (Å²) in [4.78, 5) is 18.9. The Labute approximate surface area is 140 Å². The third-order valence-corrected chi connectivity index (χ3v) is 6.65. The highest BCUT2D eigenvalue weighted by Crippen LogP contribution is 2.24. The van der Waals surface area contributed by atoms with Crippen LogP contribution in [0.4, 0.5) is 5.13 Å². The van der Waals surface area contributed by atoms with Gasteiger partial charge in [-0.3, -0.25) is 4.79 Å². The van der Waals surface area contributed by atoms with Gasteiger partial charge in [-0.2, -0.15) is 0 Å². The lowest BCUT2D eigenvalue weighted by atomic mass is 9.97. The van der Waals surface area contributed by atoms with Gasteiger partial charge in [-0.25, -0.2) is 17.7 Å². The van der Waals surface area contributed by atoms with Gasteiger partial charge in [0.1, 0.15) is 0 Å². The number of nitrogens with zero attached hydrogens (tertiary/aromatic N) is 3. The average molecular weight is 358 g/mol. The molecule has 3 rings (SSSR count). The number of carbonyl (C=O) groups excluding carboxylic acids is 1. The van der Waals surface area contributed by atoms with Gasteiger partial charge < -0.3 is 10.2 Å². The first-order chi connectivity index (χ1) is 10.9. The van der Waals surface area contributed by atoms with Gasteiger partial charge in [-0.15, -0.1) is 11.3 Å². The molecular weight excluding hydrogens is 336 g/mol. The van der Waals surface area contributed by atoms with Crippen LogP contribution in [0.3, 0.4) is 0 Å². The first-order valence-electron chi connectivity index (χ1n) is 7.83. The minimum Gasteiger partial charge on any atom is -0.351 e. The van der Waals surface area contributed by atoms with Crippen molar-refractivity contribution in [3.05, 3.63) is 11.6 Å². The molecule has 1 unspecified atom stereocenters. The number of anilines is 1. The van der Waals surface area contributed by atoms with Crippen LogP contribution in [0, 0.1) is 5.92 Å². The van der Waals surface area contributed by atoms with E-state index in [1.807, 2.05) is 5.38 Å². The lowest BCUT2D eigenvalue weighted by Gasteiger charge is -2.30. The molecule has 3 heterocycles. The van der Waals surface area contributed by atoms with Crippen molar-refractivity contribution in [3.8, 4) is 0 Å². The lowest BCUT2D eigenvalue weighted by molar-refractivity contribution is -0.126. The van der Waals surface area contributed by atoms with E-state index in [0.29, 0.717) is 25.9 Å². The van der Waals surface area contributed by atoms with Gasteiger partial charge >= 0.3 is 0 Å². The fourth-order valence-electron chi connectivity index (χ4n) is 3.19. The largest absolute Gasteiger partial charge is 0.351 e. The standard InChI is InChI=1S/C14H22N4O3S2/c1-23(20,21)18-7-2-11(3-8-18)13(19)16-12-4-6-17(10-12)14-15-5-9-22-14/h5,9,11-12H,2-4,6-8,10H2,1H3,(H,16,19). The fraction of sp³-hybridized carbons (Fsp3) is 0.714. The van der Waals surface area contributed by atoms with E-state index < -0.39 is 10.0 Å². The predicted octanol–water partition coefficient (Wildman–Crippen LogP) is 0.510. The van der Waals surface area contributed by atoms with E-state index >= 15 is 0 Å². The summed E-state index contributed by atoms with van der Waals surface area (Å²) in [5.41, 5.74) is 0. The maximum atomic E-state index is 12.4. The van der Waals surface area contributed by atoms with Crippen LogP contribution in [0.1, 0.15) is 19.3 Å². The number of rotatable bonds is 4. The molecule has 1 N–H and O–H groups in total. The Balaban J connectivity index is 1.47. The third-order valence-electron chi connectivity index (χ3n) is 4.52. The average Bonchev–Trinajstić information content (AvgIpc) is 3.17. The van der Waals surface area contributed by atoms with Crippen molar-refractivity contribution in [2.75, 3.05) is 37.3 Å². The number of thiazole rings is 1. The molecule has 1 amide bonds. The van der Waals surface area contributed by atoms with Crippen molar-refractivity contribution in [1.29, 1.82) is 0 Å². The van der Waals surface area contributed by atoms with E-state index in [1.165, 1.54) is 10.6 Å². The number of carbonyl (C=O) groups is 1. The topological polar surface area (TPSA) is 82.6 Å². The SMILES string of the molecule is CS(=O)(=O)N1CCC(C(=O)NC2CCN(c3nccs3)C2)CC1. The summed E-state index contributed by atoms with van der Waals surface area (Å²) in [6.45, 7) is 2.58. The number of sulfonamides is 1. The summed E-state index contributed by atoms with van der Waals surface area (Å²) in [5.74, 6) is -0.0222. The molecule has 7 nitrogen and oxygen atoms in total. The van der Waals surface area contributed by atoms with Crippen molar-refractivity contribution in [3.63, 3.8) is 0 Å². The van der Waals surface area contributed by atoms with E-state index in [9.17, 15) is 13.2 Å². The van der Waals surface area contributed by atoms with Gasteiger partial charge in [0, 0.05) is 49.7 Å². The summed E-state index contributed by atoms with van der Waals surface area (Å²) in [5, 5.41) is 6.08. The normalized spacial score (nSPS) is 24.0. The molecule has 2 aliphatic heterocycles. The van der Waals surface area contributed by atoms with E-state index in [4.69, 9.17) is 0 Å². The maximum Gasteiger partial charge on any atom is 0.223 e. The molecule has 2 fully saturated rings. The second kappa shape index (κ2) is 6.74. The molecule has 1 aromatic heterocycles. The van der Waals surface area contributed by atoms with Gasteiger partial charge in [0.25, 0.3) is 0 Å². The molecule has 23 heavy (non-hydrogen) atoms.